The van der Waals surface area contributed by atoms with Crippen LogP contribution in [0.5, 0.6) is 0 Å². The average molecular weight is 159 g/mol. The molecule has 0 fully saturated rings. The Morgan fingerprint density at radius 1 is 1.25 bits per heavy atom. The van der Waals surface area contributed by atoms with Crippen molar-refractivity contribution in [1.82, 2.24) is 4.98 Å². The minimum absolute atomic E-state index is 0.549. The van der Waals surface area contributed by atoms with Gasteiger partial charge in [0, 0.05) is 18.3 Å². The molecule has 1 aromatic rings. The molecule has 0 aliphatic heterocycles. The number of hydrogen-bond donors (Lipinski definition) is 0. The van der Waals surface area contributed by atoms with Gasteiger partial charge < -0.3 is 0 Å². The van der Waals surface area contributed by atoms with Crippen LogP contribution in [0.15, 0.2) is 18.5 Å². The predicted octanol–water partition coefficient (Wildman–Crippen LogP) is 2.91. The van der Waals surface area contributed by atoms with Crippen molar-refractivity contribution in [2.24, 2.45) is 0 Å². The van der Waals surface area contributed by atoms with Crippen LogP contribution in [0, 0.1) is 6.92 Å². The number of hydrogen-bond acceptors (Lipinski definition) is 1. The summed E-state index contributed by atoms with van der Waals surface area (Å²) in [6, 6.07) is 0. The molecule has 1 aromatic heterocycles. The van der Waals surface area contributed by atoms with E-state index in [1.807, 2.05) is 12.4 Å². The minimum atomic E-state index is 0.549. The number of aromatic nitrogens is 1. The Morgan fingerprint density at radius 3 is 2.67 bits per heavy atom. The van der Waals surface area contributed by atoms with E-state index in [-0.39, 0.29) is 0 Å². The highest BCUT2D eigenvalue weighted by molar-refractivity contribution is 5.74. The van der Waals surface area contributed by atoms with Gasteiger partial charge in [0.1, 0.15) is 0 Å². The van der Waals surface area contributed by atoms with Gasteiger partial charge >= 0.3 is 0 Å². The lowest BCUT2D eigenvalue weighted by molar-refractivity contribution is 0.970. The third kappa shape index (κ3) is 0.893. The van der Waals surface area contributed by atoms with Crippen LogP contribution < -0.4 is 0 Å². The van der Waals surface area contributed by atoms with Crippen molar-refractivity contribution >= 4 is 5.57 Å². The number of fused-ring (bicyclic) bond motifs is 1. The third-order valence-electron chi connectivity index (χ3n) is 2.55. The quantitative estimate of drug-likeness (QED) is 0.567. The maximum Gasteiger partial charge on any atom is 0.0312 e. The average Bonchev–Trinajstić information content (AvgIpc) is 2.29. The van der Waals surface area contributed by atoms with Gasteiger partial charge in [-0.25, -0.2) is 0 Å². The molecule has 0 N–H and O–H groups in total. The summed E-state index contributed by atoms with van der Waals surface area (Å²) in [6.07, 6.45) is 6.23. The molecule has 1 nitrogen and oxygen atoms in total. The zero-order valence-electron chi connectivity index (χ0n) is 7.76. The minimum Gasteiger partial charge on any atom is -0.264 e. The van der Waals surface area contributed by atoms with Gasteiger partial charge in [-0.3, -0.25) is 4.98 Å². The lowest BCUT2D eigenvalue weighted by atomic mass is 10.0. The molecule has 1 aliphatic rings. The molecule has 62 valence electrons. The van der Waals surface area contributed by atoms with Crippen molar-refractivity contribution in [1.29, 1.82) is 0 Å². The summed E-state index contributed by atoms with van der Waals surface area (Å²) in [5.74, 6) is 0.549. The van der Waals surface area contributed by atoms with E-state index >= 15 is 0 Å². The van der Waals surface area contributed by atoms with E-state index in [1.54, 1.807) is 0 Å². The maximum atomic E-state index is 4.21. The fraction of sp³-hybridized carbons (Fsp3) is 0.364. The first-order valence-electron chi connectivity index (χ1n) is 4.33. The Labute approximate surface area is 73.1 Å². The highest BCUT2D eigenvalue weighted by Gasteiger charge is 2.18. The van der Waals surface area contributed by atoms with Gasteiger partial charge in [0.25, 0.3) is 0 Å². The van der Waals surface area contributed by atoms with Gasteiger partial charge in [0.2, 0.25) is 0 Å². The van der Waals surface area contributed by atoms with E-state index in [0.717, 1.165) is 0 Å². The third-order valence-corrected chi connectivity index (χ3v) is 2.55. The number of nitrogens with zero attached hydrogens (tertiary/aromatic N) is 1. The maximum absolute atomic E-state index is 4.21. The Hall–Kier alpha value is -1.11. The van der Waals surface area contributed by atoms with Crippen LogP contribution in [-0.2, 0) is 0 Å². The number of aryl methyl sites for hydroxylation is 1. The first-order valence-corrected chi connectivity index (χ1v) is 4.33. The summed E-state index contributed by atoms with van der Waals surface area (Å²) in [4.78, 5) is 4.21. The molecule has 0 amide bonds. The zero-order valence-corrected chi connectivity index (χ0v) is 7.76. The molecular weight excluding hydrogens is 146 g/mol. The van der Waals surface area contributed by atoms with Gasteiger partial charge in [-0.15, -0.1) is 0 Å². The molecule has 2 rings (SSSR count). The summed E-state index contributed by atoms with van der Waals surface area (Å²) in [7, 11) is 0. The van der Waals surface area contributed by atoms with E-state index in [0.29, 0.717) is 5.92 Å². The van der Waals surface area contributed by atoms with Crippen molar-refractivity contribution in [3.05, 3.63) is 35.2 Å². The summed E-state index contributed by atoms with van der Waals surface area (Å²) in [5, 5.41) is 0. The Balaban J connectivity index is 2.68. The van der Waals surface area contributed by atoms with Crippen LogP contribution in [0.25, 0.3) is 5.57 Å². The molecule has 1 heterocycles. The Bertz CT molecular complexity index is 350. The molecule has 0 bridgehead atoms. The van der Waals surface area contributed by atoms with Crippen LogP contribution in [0.1, 0.15) is 36.5 Å². The number of rotatable bonds is 0. The summed E-state index contributed by atoms with van der Waals surface area (Å²) >= 11 is 0. The molecule has 0 saturated carbocycles. The fourth-order valence-electron chi connectivity index (χ4n) is 2.02. The van der Waals surface area contributed by atoms with Gasteiger partial charge in [0.15, 0.2) is 0 Å². The largest absolute Gasteiger partial charge is 0.264 e. The van der Waals surface area contributed by atoms with E-state index in [4.69, 9.17) is 0 Å². The molecule has 1 aliphatic carbocycles. The van der Waals surface area contributed by atoms with Crippen molar-refractivity contribution in [2.45, 2.75) is 26.7 Å². The summed E-state index contributed by atoms with van der Waals surface area (Å²) in [6.45, 7) is 6.52. The first kappa shape index (κ1) is 7.53. The number of allylic oxidation sites excluding steroid dienone is 2. The van der Waals surface area contributed by atoms with E-state index in [9.17, 15) is 0 Å². The fourth-order valence-corrected chi connectivity index (χ4v) is 2.02. The standard InChI is InChI=1S/C11H13N/c1-7-4-8(2)11-9(3)5-12-6-10(7)11/h4-7H,1-3H3. The Kier molecular flexibility index (Phi) is 1.53. The van der Waals surface area contributed by atoms with Gasteiger partial charge in [-0.05, 0) is 36.1 Å². The lowest BCUT2D eigenvalue weighted by Crippen LogP contribution is -1.92. The Morgan fingerprint density at radius 2 is 2.00 bits per heavy atom. The zero-order chi connectivity index (χ0) is 8.72. The predicted molar refractivity (Wildman–Crippen MR) is 51.0 cm³/mol. The van der Waals surface area contributed by atoms with Crippen LogP contribution in [-0.4, -0.2) is 4.98 Å². The normalized spacial score (nSPS) is 20.6. The highest BCUT2D eigenvalue weighted by Crippen LogP contribution is 2.36. The van der Waals surface area contributed by atoms with E-state index < -0.39 is 0 Å². The summed E-state index contributed by atoms with van der Waals surface area (Å²) in [5.41, 5.74) is 5.49. The van der Waals surface area contributed by atoms with Crippen LogP contribution in [0.3, 0.4) is 0 Å². The molecular formula is C11H13N. The van der Waals surface area contributed by atoms with Gasteiger partial charge in [0.05, 0.1) is 0 Å². The monoisotopic (exact) mass is 159 g/mol. The van der Waals surface area contributed by atoms with E-state index in [2.05, 4.69) is 31.8 Å². The molecule has 1 atom stereocenters. The van der Waals surface area contributed by atoms with Gasteiger partial charge in [-0.1, -0.05) is 13.0 Å². The second kappa shape index (κ2) is 2.44. The van der Waals surface area contributed by atoms with Crippen molar-refractivity contribution in [3.8, 4) is 0 Å². The topological polar surface area (TPSA) is 12.9 Å². The SMILES string of the molecule is CC1=CC(C)c2cncc(C)c21. The van der Waals surface area contributed by atoms with Crippen LogP contribution >= 0.6 is 0 Å². The lowest BCUT2D eigenvalue weighted by Gasteiger charge is -2.06. The summed E-state index contributed by atoms with van der Waals surface area (Å²) < 4.78 is 0. The van der Waals surface area contributed by atoms with Crippen LogP contribution in [0.2, 0.25) is 0 Å². The van der Waals surface area contributed by atoms with Crippen LogP contribution in [0.4, 0.5) is 0 Å². The molecule has 0 radical (unpaired) electrons. The highest BCUT2D eigenvalue weighted by atomic mass is 14.6. The molecule has 0 spiro atoms. The molecule has 12 heavy (non-hydrogen) atoms. The van der Waals surface area contributed by atoms with Crippen molar-refractivity contribution < 1.29 is 0 Å². The molecule has 0 aromatic carbocycles. The molecule has 0 saturated heterocycles. The second-order valence-electron chi connectivity index (χ2n) is 3.56. The number of pyridine rings is 1. The van der Waals surface area contributed by atoms with Crippen molar-refractivity contribution in [3.63, 3.8) is 0 Å². The van der Waals surface area contributed by atoms with Gasteiger partial charge in [-0.2, -0.15) is 0 Å². The van der Waals surface area contributed by atoms with Crippen molar-refractivity contribution in [2.75, 3.05) is 0 Å². The molecule has 1 unspecified atom stereocenters. The molecule has 1 heteroatoms. The smallest absolute Gasteiger partial charge is 0.0312 e. The second-order valence-corrected chi connectivity index (χ2v) is 3.56. The first-order chi connectivity index (χ1) is 5.70. The van der Waals surface area contributed by atoms with E-state index in [1.165, 1.54) is 22.3 Å².